The van der Waals surface area contributed by atoms with Crippen molar-refractivity contribution in [3.63, 3.8) is 0 Å². The highest BCUT2D eigenvalue weighted by Crippen LogP contribution is 2.27. The van der Waals surface area contributed by atoms with Crippen LogP contribution in [0.3, 0.4) is 0 Å². The molecule has 1 saturated heterocycles. The number of hydrogen-bond donors (Lipinski definition) is 1. The first kappa shape index (κ1) is 17.3. The summed E-state index contributed by atoms with van der Waals surface area (Å²) in [5.41, 5.74) is 2.15. The molecule has 6 heteroatoms. The fraction of sp³-hybridized carbons (Fsp3) is 0.556. The number of carbonyl (C=O) groups is 1. The lowest BCUT2D eigenvalue weighted by molar-refractivity contribution is -0.121. The van der Waals surface area contributed by atoms with Gasteiger partial charge >= 0.3 is 0 Å². The summed E-state index contributed by atoms with van der Waals surface area (Å²) in [6.45, 7) is 6.06. The Balaban J connectivity index is 1.60. The SMILES string of the molecule is Cc1ccc2sc(NC(=O)C3CCCN(CCN(C)C)C3)nc2c1. The summed E-state index contributed by atoms with van der Waals surface area (Å²) in [4.78, 5) is 21.8. The third kappa shape index (κ3) is 4.32. The molecule has 1 aliphatic rings. The first-order chi connectivity index (χ1) is 11.5. The Kier molecular flexibility index (Phi) is 5.48. The van der Waals surface area contributed by atoms with Gasteiger partial charge < -0.3 is 15.1 Å². The molecular weight excluding hydrogens is 320 g/mol. The van der Waals surface area contributed by atoms with E-state index in [0.717, 1.165) is 49.2 Å². The standard InChI is InChI=1S/C18H26N4OS/c1-13-6-7-16-15(11-13)19-18(24-16)20-17(23)14-5-4-8-22(12-14)10-9-21(2)3/h6-7,11,14H,4-5,8-10,12H2,1-3H3,(H,19,20,23). The van der Waals surface area contributed by atoms with Gasteiger partial charge in [-0.1, -0.05) is 17.4 Å². The number of fused-ring (bicyclic) bond motifs is 1. The highest BCUT2D eigenvalue weighted by Gasteiger charge is 2.26. The van der Waals surface area contributed by atoms with E-state index in [1.807, 2.05) is 0 Å². The molecule has 1 unspecified atom stereocenters. The van der Waals surface area contributed by atoms with Gasteiger partial charge in [0.05, 0.1) is 16.1 Å². The van der Waals surface area contributed by atoms with Crippen LogP contribution in [0.25, 0.3) is 10.2 Å². The lowest BCUT2D eigenvalue weighted by atomic mass is 9.97. The van der Waals surface area contributed by atoms with E-state index >= 15 is 0 Å². The topological polar surface area (TPSA) is 48.5 Å². The van der Waals surface area contributed by atoms with Crippen molar-refractivity contribution in [2.24, 2.45) is 5.92 Å². The lowest BCUT2D eigenvalue weighted by Gasteiger charge is -2.32. The Bertz CT molecular complexity index is 712. The molecule has 2 aromatic rings. The maximum atomic E-state index is 12.6. The number of nitrogens with zero attached hydrogens (tertiary/aromatic N) is 3. The van der Waals surface area contributed by atoms with Gasteiger partial charge in [0.2, 0.25) is 5.91 Å². The molecule has 0 aliphatic carbocycles. The van der Waals surface area contributed by atoms with Gasteiger partial charge in [0.1, 0.15) is 0 Å². The minimum atomic E-state index is 0.0645. The van der Waals surface area contributed by atoms with Gasteiger partial charge in [-0.3, -0.25) is 4.79 Å². The van der Waals surface area contributed by atoms with Crippen LogP contribution in [0.5, 0.6) is 0 Å². The maximum Gasteiger partial charge on any atom is 0.230 e. The number of amides is 1. The zero-order valence-corrected chi connectivity index (χ0v) is 15.5. The van der Waals surface area contributed by atoms with E-state index < -0.39 is 0 Å². The molecule has 5 nitrogen and oxygen atoms in total. The third-order valence-corrected chi connectivity index (χ3v) is 5.46. The van der Waals surface area contributed by atoms with Crippen LogP contribution in [-0.4, -0.2) is 61.0 Å². The average molecular weight is 347 g/mol. The van der Waals surface area contributed by atoms with Crippen LogP contribution in [0.1, 0.15) is 18.4 Å². The van der Waals surface area contributed by atoms with Crippen LogP contribution in [-0.2, 0) is 4.79 Å². The molecule has 1 N–H and O–H groups in total. The summed E-state index contributed by atoms with van der Waals surface area (Å²) >= 11 is 1.55. The van der Waals surface area contributed by atoms with Crippen LogP contribution in [0.2, 0.25) is 0 Å². The first-order valence-corrected chi connectivity index (χ1v) is 9.38. The predicted octanol–water partition coefficient (Wildman–Crippen LogP) is 2.82. The molecule has 1 aliphatic heterocycles. The second-order valence-corrected chi connectivity index (χ2v) is 7.95. The van der Waals surface area contributed by atoms with Crippen molar-refractivity contribution in [2.75, 3.05) is 45.6 Å². The molecule has 24 heavy (non-hydrogen) atoms. The minimum Gasteiger partial charge on any atom is -0.308 e. The van der Waals surface area contributed by atoms with E-state index in [1.165, 1.54) is 5.56 Å². The van der Waals surface area contributed by atoms with E-state index in [-0.39, 0.29) is 11.8 Å². The summed E-state index contributed by atoms with van der Waals surface area (Å²) < 4.78 is 1.12. The molecule has 0 spiro atoms. The van der Waals surface area contributed by atoms with Crippen LogP contribution in [0.15, 0.2) is 18.2 Å². The molecule has 130 valence electrons. The highest BCUT2D eigenvalue weighted by atomic mass is 32.1. The number of likely N-dealkylation sites (tertiary alicyclic amines) is 1. The van der Waals surface area contributed by atoms with Gasteiger partial charge in [-0.15, -0.1) is 0 Å². The minimum absolute atomic E-state index is 0.0645. The smallest absolute Gasteiger partial charge is 0.230 e. The molecule has 1 atom stereocenters. The van der Waals surface area contributed by atoms with E-state index in [1.54, 1.807) is 11.3 Å². The molecule has 0 bridgehead atoms. The number of piperidine rings is 1. The number of aryl methyl sites for hydroxylation is 1. The second kappa shape index (κ2) is 7.59. The van der Waals surface area contributed by atoms with Crippen molar-refractivity contribution in [1.29, 1.82) is 0 Å². The maximum absolute atomic E-state index is 12.6. The largest absolute Gasteiger partial charge is 0.308 e. The fourth-order valence-corrected chi connectivity index (χ4v) is 3.96. The fourth-order valence-electron chi connectivity index (χ4n) is 3.11. The van der Waals surface area contributed by atoms with Gasteiger partial charge in [0.15, 0.2) is 5.13 Å². The van der Waals surface area contributed by atoms with Crippen molar-refractivity contribution < 1.29 is 4.79 Å². The van der Waals surface area contributed by atoms with E-state index in [2.05, 4.69) is 59.3 Å². The number of likely N-dealkylation sites (N-methyl/N-ethyl adjacent to an activating group) is 1. The van der Waals surface area contributed by atoms with Crippen molar-refractivity contribution >= 4 is 32.6 Å². The van der Waals surface area contributed by atoms with Crippen molar-refractivity contribution in [3.05, 3.63) is 23.8 Å². The molecular formula is C18H26N4OS. The lowest BCUT2D eigenvalue weighted by Crippen LogP contribution is -2.43. The summed E-state index contributed by atoms with van der Waals surface area (Å²) in [5, 5.41) is 3.75. The number of anilines is 1. The Labute approximate surface area is 147 Å². The quantitative estimate of drug-likeness (QED) is 0.904. The molecule has 3 rings (SSSR count). The number of hydrogen-bond acceptors (Lipinski definition) is 5. The number of aromatic nitrogens is 1. The van der Waals surface area contributed by atoms with Crippen LogP contribution in [0.4, 0.5) is 5.13 Å². The predicted molar refractivity (Wildman–Crippen MR) is 101 cm³/mol. The number of thiazole rings is 1. The number of rotatable bonds is 5. The van der Waals surface area contributed by atoms with Gasteiger partial charge in [0, 0.05) is 19.6 Å². The summed E-state index contributed by atoms with van der Waals surface area (Å²) in [6.07, 6.45) is 2.05. The van der Waals surface area contributed by atoms with Crippen LogP contribution < -0.4 is 5.32 Å². The normalized spacial score (nSPS) is 19.1. The van der Waals surface area contributed by atoms with Crippen LogP contribution >= 0.6 is 11.3 Å². The van der Waals surface area contributed by atoms with Crippen molar-refractivity contribution in [1.82, 2.24) is 14.8 Å². The van der Waals surface area contributed by atoms with Gasteiger partial charge in [0.25, 0.3) is 0 Å². The Morgan fingerprint density at radius 1 is 1.46 bits per heavy atom. The van der Waals surface area contributed by atoms with E-state index in [4.69, 9.17) is 0 Å². The van der Waals surface area contributed by atoms with Crippen molar-refractivity contribution in [2.45, 2.75) is 19.8 Å². The highest BCUT2D eigenvalue weighted by molar-refractivity contribution is 7.22. The average Bonchev–Trinajstić information content (AvgIpc) is 2.94. The van der Waals surface area contributed by atoms with Gasteiger partial charge in [-0.2, -0.15) is 0 Å². The first-order valence-electron chi connectivity index (χ1n) is 8.56. The molecule has 2 heterocycles. The summed E-state index contributed by atoms with van der Waals surface area (Å²) in [5.74, 6) is 0.176. The van der Waals surface area contributed by atoms with Gasteiger partial charge in [-0.25, -0.2) is 4.98 Å². The molecule has 1 amide bonds. The van der Waals surface area contributed by atoms with Gasteiger partial charge in [-0.05, 0) is 58.1 Å². The number of nitrogens with one attached hydrogen (secondary N) is 1. The van der Waals surface area contributed by atoms with E-state index in [9.17, 15) is 4.79 Å². The zero-order valence-electron chi connectivity index (χ0n) is 14.7. The summed E-state index contributed by atoms with van der Waals surface area (Å²) in [7, 11) is 4.17. The summed E-state index contributed by atoms with van der Waals surface area (Å²) in [6, 6.07) is 6.21. The molecule has 1 fully saturated rings. The Hall–Kier alpha value is -1.50. The van der Waals surface area contributed by atoms with Crippen molar-refractivity contribution in [3.8, 4) is 0 Å². The third-order valence-electron chi connectivity index (χ3n) is 4.51. The zero-order chi connectivity index (χ0) is 17.1. The second-order valence-electron chi connectivity index (χ2n) is 6.92. The van der Waals surface area contributed by atoms with Crippen LogP contribution in [0, 0.1) is 12.8 Å². The molecule has 1 aromatic carbocycles. The Morgan fingerprint density at radius 3 is 3.08 bits per heavy atom. The molecule has 0 saturated carbocycles. The molecule has 1 aromatic heterocycles. The monoisotopic (exact) mass is 346 g/mol. The molecule has 0 radical (unpaired) electrons. The number of carbonyl (C=O) groups excluding carboxylic acids is 1. The number of benzene rings is 1. The Morgan fingerprint density at radius 2 is 2.29 bits per heavy atom. The van der Waals surface area contributed by atoms with E-state index in [0.29, 0.717) is 5.13 Å².